The number of halogens is 3. The summed E-state index contributed by atoms with van der Waals surface area (Å²) in [7, 11) is 0. The van der Waals surface area contributed by atoms with Gasteiger partial charge in [0.15, 0.2) is 0 Å². The van der Waals surface area contributed by atoms with Crippen LogP contribution < -0.4 is 5.32 Å². The molecule has 2 nitrogen and oxygen atoms in total. The minimum atomic E-state index is -0.562. The Morgan fingerprint density at radius 3 is 2.55 bits per heavy atom. The summed E-state index contributed by atoms with van der Waals surface area (Å²) >= 11 is 8.88. The van der Waals surface area contributed by atoms with E-state index in [1.807, 2.05) is 19.1 Å². The first-order valence-corrected chi connectivity index (χ1v) is 7.16. The van der Waals surface area contributed by atoms with E-state index in [4.69, 9.17) is 11.6 Å². The fraction of sp³-hybridized carbons (Fsp3) is 0.133. The van der Waals surface area contributed by atoms with E-state index < -0.39 is 11.7 Å². The molecule has 0 heterocycles. The highest BCUT2D eigenvalue weighted by molar-refractivity contribution is 9.10. The lowest BCUT2D eigenvalue weighted by Crippen LogP contribution is -2.27. The fourth-order valence-corrected chi connectivity index (χ4v) is 2.28. The van der Waals surface area contributed by atoms with Gasteiger partial charge in [-0.15, -0.1) is 0 Å². The van der Waals surface area contributed by atoms with Crippen molar-refractivity contribution >= 4 is 33.4 Å². The van der Waals surface area contributed by atoms with Crippen LogP contribution >= 0.6 is 27.5 Å². The second-order valence-electron chi connectivity index (χ2n) is 4.35. The summed E-state index contributed by atoms with van der Waals surface area (Å²) in [5, 5.41) is 3.39. The molecule has 0 aliphatic rings. The van der Waals surface area contributed by atoms with E-state index in [2.05, 4.69) is 21.2 Å². The van der Waals surface area contributed by atoms with Gasteiger partial charge < -0.3 is 5.32 Å². The van der Waals surface area contributed by atoms with E-state index in [1.54, 1.807) is 24.3 Å². The Balaban J connectivity index is 2.15. The summed E-state index contributed by atoms with van der Waals surface area (Å²) < 4.78 is 14.1. The zero-order valence-electron chi connectivity index (χ0n) is 10.7. The average Bonchev–Trinajstić information content (AvgIpc) is 2.42. The molecule has 2 aromatic carbocycles. The molecule has 0 spiro atoms. The number of nitrogens with one attached hydrogen (secondary N) is 1. The Morgan fingerprint density at radius 2 is 1.90 bits per heavy atom. The third-order valence-electron chi connectivity index (χ3n) is 2.91. The zero-order valence-corrected chi connectivity index (χ0v) is 13.0. The van der Waals surface area contributed by atoms with Crippen LogP contribution in [0, 0.1) is 5.82 Å². The van der Waals surface area contributed by atoms with Crippen LogP contribution in [0.15, 0.2) is 46.9 Å². The van der Waals surface area contributed by atoms with Crippen molar-refractivity contribution in [2.24, 2.45) is 0 Å². The fourth-order valence-electron chi connectivity index (χ4n) is 1.79. The van der Waals surface area contributed by atoms with E-state index in [9.17, 15) is 9.18 Å². The Hall–Kier alpha value is -1.39. The Labute approximate surface area is 130 Å². The molecule has 0 aliphatic heterocycles. The standard InChI is InChI=1S/C15H12BrClFNO/c1-9(10-5-7-11(17)8-6-10)19-15(20)12-3-2-4-13(16)14(12)18/h2-9H,1H3,(H,19,20). The lowest BCUT2D eigenvalue weighted by molar-refractivity contribution is 0.0935. The molecule has 1 unspecified atom stereocenters. The zero-order chi connectivity index (χ0) is 14.7. The van der Waals surface area contributed by atoms with Crippen LogP contribution in [0.1, 0.15) is 28.9 Å². The SMILES string of the molecule is CC(NC(=O)c1cccc(Br)c1F)c1ccc(Cl)cc1. The summed E-state index contributed by atoms with van der Waals surface area (Å²) in [6.07, 6.45) is 0. The molecule has 1 amide bonds. The van der Waals surface area contributed by atoms with Gasteiger partial charge in [-0.25, -0.2) is 4.39 Å². The largest absolute Gasteiger partial charge is 0.345 e. The van der Waals surface area contributed by atoms with Crippen molar-refractivity contribution in [3.63, 3.8) is 0 Å². The van der Waals surface area contributed by atoms with Crippen LogP contribution in [-0.2, 0) is 0 Å². The molecule has 5 heteroatoms. The number of benzene rings is 2. The highest BCUT2D eigenvalue weighted by Crippen LogP contribution is 2.20. The number of rotatable bonds is 3. The molecular weight excluding hydrogens is 345 g/mol. The molecule has 0 saturated carbocycles. The van der Waals surface area contributed by atoms with Crippen LogP contribution in [0.2, 0.25) is 5.02 Å². The molecule has 2 aromatic rings. The van der Waals surface area contributed by atoms with Crippen LogP contribution in [-0.4, -0.2) is 5.91 Å². The van der Waals surface area contributed by atoms with Gasteiger partial charge in [0.05, 0.1) is 16.1 Å². The topological polar surface area (TPSA) is 29.1 Å². The van der Waals surface area contributed by atoms with E-state index in [0.717, 1.165) is 5.56 Å². The molecule has 0 aromatic heterocycles. The van der Waals surface area contributed by atoms with Gasteiger partial charge in [-0.2, -0.15) is 0 Å². The Bertz CT molecular complexity index is 630. The van der Waals surface area contributed by atoms with Crippen molar-refractivity contribution < 1.29 is 9.18 Å². The molecule has 20 heavy (non-hydrogen) atoms. The molecule has 104 valence electrons. The molecule has 0 radical (unpaired) electrons. The minimum absolute atomic E-state index is 0.0141. The third-order valence-corrected chi connectivity index (χ3v) is 3.78. The third kappa shape index (κ3) is 3.38. The summed E-state index contributed by atoms with van der Waals surface area (Å²) in [5.41, 5.74) is 0.915. The highest BCUT2D eigenvalue weighted by Gasteiger charge is 2.16. The van der Waals surface area contributed by atoms with Crippen LogP contribution in [0.25, 0.3) is 0 Å². The van der Waals surface area contributed by atoms with Crippen LogP contribution in [0.3, 0.4) is 0 Å². The van der Waals surface area contributed by atoms with Crippen LogP contribution in [0.5, 0.6) is 0 Å². The molecule has 2 rings (SSSR count). The predicted octanol–water partition coefficient (Wildman–Crippen LogP) is 4.73. The number of hydrogen-bond donors (Lipinski definition) is 1. The summed E-state index contributed by atoms with van der Waals surface area (Å²) in [6.45, 7) is 1.83. The van der Waals surface area contributed by atoms with Gasteiger partial charge in [0.25, 0.3) is 5.91 Å². The van der Waals surface area contributed by atoms with Crippen molar-refractivity contribution in [2.45, 2.75) is 13.0 Å². The van der Waals surface area contributed by atoms with Gasteiger partial charge in [0.1, 0.15) is 5.82 Å². The first kappa shape index (κ1) is 15.0. The Kier molecular flexibility index (Phi) is 4.78. The van der Waals surface area contributed by atoms with Crippen molar-refractivity contribution in [1.82, 2.24) is 5.32 Å². The maximum Gasteiger partial charge on any atom is 0.254 e. The minimum Gasteiger partial charge on any atom is -0.345 e. The highest BCUT2D eigenvalue weighted by atomic mass is 79.9. The van der Waals surface area contributed by atoms with Gasteiger partial charge in [0, 0.05) is 5.02 Å². The lowest BCUT2D eigenvalue weighted by Gasteiger charge is -2.15. The molecule has 1 N–H and O–H groups in total. The summed E-state index contributed by atoms with van der Waals surface area (Å²) in [4.78, 5) is 12.1. The molecule has 0 fully saturated rings. The van der Waals surface area contributed by atoms with Crippen molar-refractivity contribution in [3.8, 4) is 0 Å². The molecule has 0 bridgehead atoms. The normalized spacial score (nSPS) is 12.0. The molecular formula is C15H12BrClFNO. The van der Waals surface area contributed by atoms with Crippen molar-refractivity contribution in [2.75, 3.05) is 0 Å². The molecule has 0 aliphatic carbocycles. The van der Waals surface area contributed by atoms with Gasteiger partial charge in [0.2, 0.25) is 0 Å². The van der Waals surface area contributed by atoms with Gasteiger partial charge in [-0.05, 0) is 52.7 Å². The number of hydrogen-bond acceptors (Lipinski definition) is 1. The van der Waals surface area contributed by atoms with Crippen molar-refractivity contribution in [1.29, 1.82) is 0 Å². The van der Waals surface area contributed by atoms with E-state index in [-0.39, 0.29) is 16.1 Å². The van der Waals surface area contributed by atoms with E-state index in [0.29, 0.717) is 5.02 Å². The second-order valence-corrected chi connectivity index (χ2v) is 5.64. The lowest BCUT2D eigenvalue weighted by atomic mass is 10.1. The summed E-state index contributed by atoms with van der Waals surface area (Å²) in [6, 6.07) is 11.5. The maximum atomic E-state index is 13.8. The molecule has 1 atom stereocenters. The second kappa shape index (κ2) is 6.37. The number of carbonyl (C=O) groups is 1. The van der Waals surface area contributed by atoms with Gasteiger partial charge >= 0.3 is 0 Å². The monoisotopic (exact) mass is 355 g/mol. The van der Waals surface area contributed by atoms with Gasteiger partial charge in [-0.1, -0.05) is 29.8 Å². The van der Waals surface area contributed by atoms with E-state index in [1.165, 1.54) is 6.07 Å². The quantitative estimate of drug-likeness (QED) is 0.846. The first-order valence-electron chi connectivity index (χ1n) is 5.99. The average molecular weight is 357 g/mol. The van der Waals surface area contributed by atoms with Gasteiger partial charge in [-0.3, -0.25) is 4.79 Å². The number of carbonyl (C=O) groups excluding carboxylic acids is 1. The molecule has 0 saturated heterocycles. The van der Waals surface area contributed by atoms with E-state index >= 15 is 0 Å². The smallest absolute Gasteiger partial charge is 0.254 e. The Morgan fingerprint density at radius 1 is 1.25 bits per heavy atom. The first-order chi connectivity index (χ1) is 9.49. The van der Waals surface area contributed by atoms with Crippen molar-refractivity contribution in [3.05, 3.63) is 68.9 Å². The van der Waals surface area contributed by atoms with Crippen LogP contribution in [0.4, 0.5) is 4.39 Å². The predicted molar refractivity (Wildman–Crippen MR) is 81.4 cm³/mol. The maximum absolute atomic E-state index is 13.8. The summed E-state index contributed by atoms with van der Waals surface area (Å²) in [5.74, 6) is -1.01. The number of amides is 1.